The molecule has 0 aromatic heterocycles. The Bertz CT molecular complexity index is 598. The summed E-state index contributed by atoms with van der Waals surface area (Å²) in [6, 6.07) is 8.71. The van der Waals surface area contributed by atoms with Gasteiger partial charge in [0, 0.05) is 43.2 Å². The maximum absolute atomic E-state index is 5.80. The summed E-state index contributed by atoms with van der Waals surface area (Å²) in [7, 11) is 1.83. The Morgan fingerprint density at radius 1 is 1.38 bits per heavy atom. The van der Waals surface area contributed by atoms with Crippen LogP contribution in [0.15, 0.2) is 33.7 Å². The summed E-state index contributed by atoms with van der Waals surface area (Å²) in [4.78, 5) is 4.36. The number of hydrogen-bond acceptors (Lipinski definition) is 3. The van der Waals surface area contributed by atoms with E-state index in [2.05, 4.69) is 55.8 Å². The third-order valence-electron chi connectivity index (χ3n) is 5.42. The Hall–Kier alpha value is -1.11. The molecule has 2 aliphatic rings. The van der Waals surface area contributed by atoms with E-state index in [1.165, 1.54) is 24.8 Å². The minimum absolute atomic E-state index is 0.229. The first-order valence-electron chi connectivity index (χ1n) is 9.62. The predicted molar refractivity (Wildman–Crippen MR) is 109 cm³/mol. The molecule has 0 spiro atoms. The molecule has 3 rings (SSSR count). The molecule has 1 saturated carbocycles. The minimum atomic E-state index is 0.229. The molecule has 0 bridgehead atoms. The van der Waals surface area contributed by atoms with Gasteiger partial charge in [-0.05, 0) is 43.4 Å². The molecule has 1 aliphatic heterocycles. The van der Waals surface area contributed by atoms with Crippen molar-refractivity contribution < 1.29 is 9.47 Å². The van der Waals surface area contributed by atoms with Crippen molar-refractivity contribution >= 4 is 21.9 Å². The van der Waals surface area contributed by atoms with Crippen LogP contribution in [-0.2, 0) is 14.9 Å². The van der Waals surface area contributed by atoms with Crippen molar-refractivity contribution in [2.45, 2.75) is 43.6 Å². The molecule has 1 unspecified atom stereocenters. The molecule has 1 saturated heterocycles. The summed E-state index contributed by atoms with van der Waals surface area (Å²) in [5.74, 6) is 0.871. The van der Waals surface area contributed by atoms with Gasteiger partial charge in [0.05, 0.1) is 12.7 Å². The number of rotatable bonds is 8. The van der Waals surface area contributed by atoms with E-state index in [9.17, 15) is 0 Å². The quantitative estimate of drug-likeness (QED) is 0.382. The van der Waals surface area contributed by atoms with Crippen LogP contribution < -0.4 is 10.6 Å². The summed E-state index contributed by atoms with van der Waals surface area (Å²) < 4.78 is 12.3. The number of halogens is 1. The lowest BCUT2D eigenvalue weighted by Gasteiger charge is -2.43. The molecule has 5 nitrogen and oxygen atoms in total. The Morgan fingerprint density at radius 3 is 2.92 bits per heavy atom. The van der Waals surface area contributed by atoms with Gasteiger partial charge >= 0.3 is 0 Å². The van der Waals surface area contributed by atoms with E-state index in [0.717, 1.165) is 56.2 Å². The fourth-order valence-electron chi connectivity index (χ4n) is 3.64. The number of ether oxygens (including phenoxy) is 2. The van der Waals surface area contributed by atoms with Crippen molar-refractivity contribution in [3.05, 3.63) is 34.3 Å². The highest BCUT2D eigenvalue weighted by Crippen LogP contribution is 2.43. The average molecular weight is 424 g/mol. The summed E-state index contributed by atoms with van der Waals surface area (Å²) in [6.45, 7) is 4.11. The normalized spacial score (nSPS) is 22.1. The summed E-state index contributed by atoms with van der Waals surface area (Å²) in [5, 5.41) is 6.92. The van der Waals surface area contributed by atoms with Crippen LogP contribution in [-0.4, -0.2) is 52.0 Å². The first kappa shape index (κ1) is 19.6. The van der Waals surface area contributed by atoms with Crippen LogP contribution in [0, 0.1) is 0 Å². The summed E-state index contributed by atoms with van der Waals surface area (Å²) >= 11 is 3.60. The van der Waals surface area contributed by atoms with E-state index in [1.807, 2.05) is 7.05 Å². The zero-order valence-electron chi connectivity index (χ0n) is 15.6. The van der Waals surface area contributed by atoms with Gasteiger partial charge in [-0.3, -0.25) is 4.99 Å². The van der Waals surface area contributed by atoms with Gasteiger partial charge in [-0.2, -0.15) is 0 Å². The molecular formula is C20H30BrN3O2. The van der Waals surface area contributed by atoms with E-state index >= 15 is 0 Å². The van der Waals surface area contributed by atoms with Gasteiger partial charge in [0.2, 0.25) is 0 Å². The second kappa shape index (κ2) is 9.72. The van der Waals surface area contributed by atoms with Gasteiger partial charge in [0.1, 0.15) is 0 Å². The molecule has 26 heavy (non-hydrogen) atoms. The van der Waals surface area contributed by atoms with Crippen LogP contribution in [0.5, 0.6) is 0 Å². The van der Waals surface area contributed by atoms with E-state index < -0.39 is 0 Å². The SMILES string of the molecule is CN=C(NCCCOC1CCOC1)NCC1(c2cccc(Br)c2)CCC1. The molecule has 6 heteroatoms. The molecule has 1 aromatic rings. The smallest absolute Gasteiger partial charge is 0.191 e. The monoisotopic (exact) mass is 423 g/mol. The fraction of sp³-hybridized carbons (Fsp3) is 0.650. The first-order chi connectivity index (χ1) is 12.7. The molecule has 1 atom stereocenters. The van der Waals surface area contributed by atoms with E-state index in [-0.39, 0.29) is 11.5 Å². The van der Waals surface area contributed by atoms with Crippen molar-refractivity contribution in [3.63, 3.8) is 0 Å². The standard InChI is InChI=1S/C20H30BrN3O2/c1-22-19(23-10-4-11-26-18-7-12-25-14-18)24-15-20(8-3-9-20)16-5-2-6-17(21)13-16/h2,5-6,13,18H,3-4,7-12,14-15H2,1H3,(H2,22,23,24). The van der Waals surface area contributed by atoms with Gasteiger partial charge in [0.25, 0.3) is 0 Å². The molecular weight excluding hydrogens is 394 g/mol. The van der Waals surface area contributed by atoms with E-state index in [1.54, 1.807) is 0 Å². The number of hydrogen-bond donors (Lipinski definition) is 2. The van der Waals surface area contributed by atoms with Crippen molar-refractivity contribution in [1.82, 2.24) is 10.6 Å². The Balaban J connectivity index is 1.40. The molecule has 1 aromatic carbocycles. The summed E-state index contributed by atoms with van der Waals surface area (Å²) in [6.07, 6.45) is 6.02. The third-order valence-corrected chi connectivity index (χ3v) is 5.91. The number of aliphatic imine (C=N–C) groups is 1. The van der Waals surface area contributed by atoms with Gasteiger partial charge in [-0.25, -0.2) is 0 Å². The van der Waals surface area contributed by atoms with E-state index in [0.29, 0.717) is 0 Å². The highest BCUT2D eigenvalue weighted by Gasteiger charge is 2.38. The lowest BCUT2D eigenvalue weighted by atomic mass is 9.64. The lowest BCUT2D eigenvalue weighted by Crippen LogP contribution is -2.49. The highest BCUT2D eigenvalue weighted by molar-refractivity contribution is 9.10. The van der Waals surface area contributed by atoms with Crippen LogP contribution >= 0.6 is 15.9 Å². The number of nitrogens with one attached hydrogen (secondary N) is 2. The van der Waals surface area contributed by atoms with Gasteiger partial charge in [-0.15, -0.1) is 0 Å². The van der Waals surface area contributed by atoms with E-state index in [4.69, 9.17) is 9.47 Å². The second-order valence-corrected chi connectivity index (χ2v) is 8.12. The first-order valence-corrected chi connectivity index (χ1v) is 10.4. The largest absolute Gasteiger partial charge is 0.379 e. The number of nitrogens with zero attached hydrogens (tertiary/aromatic N) is 1. The van der Waals surface area contributed by atoms with Gasteiger partial charge in [-0.1, -0.05) is 34.5 Å². The third kappa shape index (κ3) is 5.21. The minimum Gasteiger partial charge on any atom is -0.379 e. The predicted octanol–water partition coefficient (Wildman–Crippen LogP) is 3.23. The maximum atomic E-state index is 5.80. The van der Waals surface area contributed by atoms with Crippen molar-refractivity contribution in [2.75, 3.05) is 40.0 Å². The molecule has 0 amide bonds. The molecule has 2 N–H and O–H groups in total. The maximum Gasteiger partial charge on any atom is 0.191 e. The topological polar surface area (TPSA) is 54.9 Å². The Labute approximate surface area is 165 Å². The Morgan fingerprint density at radius 2 is 2.27 bits per heavy atom. The van der Waals surface area contributed by atoms with Crippen LogP contribution in [0.3, 0.4) is 0 Å². The van der Waals surface area contributed by atoms with Crippen molar-refractivity contribution in [1.29, 1.82) is 0 Å². The van der Waals surface area contributed by atoms with Crippen LogP contribution in [0.4, 0.5) is 0 Å². The van der Waals surface area contributed by atoms with Crippen LogP contribution in [0.25, 0.3) is 0 Å². The molecule has 1 aliphatic carbocycles. The van der Waals surface area contributed by atoms with Crippen molar-refractivity contribution in [3.8, 4) is 0 Å². The summed E-state index contributed by atoms with van der Waals surface area (Å²) in [5.41, 5.74) is 1.64. The zero-order chi connectivity index (χ0) is 18.2. The van der Waals surface area contributed by atoms with Gasteiger partial charge < -0.3 is 20.1 Å². The second-order valence-electron chi connectivity index (χ2n) is 7.21. The zero-order valence-corrected chi connectivity index (χ0v) is 17.2. The number of guanidine groups is 1. The molecule has 144 valence electrons. The van der Waals surface area contributed by atoms with Crippen LogP contribution in [0.1, 0.15) is 37.7 Å². The Kier molecular flexibility index (Phi) is 7.34. The highest BCUT2D eigenvalue weighted by atomic mass is 79.9. The van der Waals surface area contributed by atoms with Crippen molar-refractivity contribution in [2.24, 2.45) is 4.99 Å². The molecule has 0 radical (unpaired) electrons. The fourth-order valence-corrected chi connectivity index (χ4v) is 4.04. The van der Waals surface area contributed by atoms with Crippen LogP contribution in [0.2, 0.25) is 0 Å². The lowest BCUT2D eigenvalue weighted by molar-refractivity contribution is 0.0420. The molecule has 2 fully saturated rings. The molecule has 1 heterocycles. The van der Waals surface area contributed by atoms with Gasteiger partial charge in [0.15, 0.2) is 5.96 Å². The number of benzene rings is 1. The average Bonchev–Trinajstić information content (AvgIpc) is 3.12.